The van der Waals surface area contributed by atoms with Crippen LogP contribution in [0.3, 0.4) is 0 Å². The van der Waals surface area contributed by atoms with Gasteiger partial charge >= 0.3 is 11.9 Å². The van der Waals surface area contributed by atoms with Gasteiger partial charge in [0.2, 0.25) is 0 Å². The van der Waals surface area contributed by atoms with Crippen molar-refractivity contribution in [1.29, 1.82) is 0 Å². The molecule has 0 unspecified atom stereocenters. The van der Waals surface area contributed by atoms with Crippen LogP contribution in [-0.4, -0.2) is 48.9 Å². The summed E-state index contributed by atoms with van der Waals surface area (Å²) in [5.74, 6) is 0.338. The van der Waals surface area contributed by atoms with Crippen LogP contribution in [-0.2, 0) is 14.3 Å². The first kappa shape index (κ1) is 28.8. The van der Waals surface area contributed by atoms with Crippen LogP contribution in [0, 0.1) is 20.8 Å². The van der Waals surface area contributed by atoms with Gasteiger partial charge in [-0.25, -0.2) is 0 Å². The number of ether oxygens (including phenoxy) is 1. The van der Waals surface area contributed by atoms with Crippen molar-refractivity contribution in [2.75, 3.05) is 5.75 Å². The molecule has 0 fully saturated rings. The van der Waals surface area contributed by atoms with Crippen molar-refractivity contribution in [3.63, 3.8) is 0 Å². The van der Waals surface area contributed by atoms with Crippen LogP contribution in [0.15, 0.2) is 58.4 Å². The summed E-state index contributed by atoms with van der Waals surface area (Å²) in [5, 5.41) is 19.2. The number of thioether (sulfide) groups is 1. The molecule has 0 saturated heterocycles. The van der Waals surface area contributed by atoms with Gasteiger partial charge in [-0.15, -0.1) is 33.3 Å². The smallest absolute Gasteiger partial charge is 0.316 e. The molecule has 1 aliphatic rings. The molecule has 4 aromatic rings. The maximum absolute atomic E-state index is 12.1. The summed E-state index contributed by atoms with van der Waals surface area (Å²) in [6.07, 6.45) is -0.176. The number of esters is 1. The summed E-state index contributed by atoms with van der Waals surface area (Å²) in [6.45, 7) is 11.6. The van der Waals surface area contributed by atoms with Crippen LogP contribution in [0.4, 0.5) is 0 Å². The quantitative estimate of drug-likeness (QED) is 0.189. The fourth-order valence-electron chi connectivity index (χ4n) is 4.77. The highest BCUT2D eigenvalue weighted by atomic mass is 32.2. The predicted octanol–water partition coefficient (Wildman–Crippen LogP) is 6.72. The third kappa shape index (κ3) is 6.13. The monoisotopic (exact) mass is 588 g/mol. The molecule has 1 atom stereocenters. The maximum atomic E-state index is 12.1. The number of nitrogens with zero attached hydrogens (tertiary/aromatic N) is 4. The molecule has 2 aromatic carbocycles. The van der Waals surface area contributed by atoms with Crippen LogP contribution in [0.2, 0.25) is 0 Å². The first-order valence-electron chi connectivity index (χ1n) is 13.3. The summed E-state index contributed by atoms with van der Waals surface area (Å²) in [4.78, 5) is 31.0. The normalized spacial score (nSPS) is 14.6. The largest absolute Gasteiger partial charge is 0.481 e. The third-order valence-electron chi connectivity index (χ3n) is 6.73. The second kappa shape index (κ2) is 11.3. The molecule has 3 heterocycles. The predicted molar refractivity (Wildman–Crippen MR) is 163 cm³/mol. The molecule has 0 radical (unpaired) electrons. The SMILES string of the molecule is Cc1sc2c(c1C)C(c1ccc(-c3ccc(SCC(=O)OC(C)(C)C)cc3)cc1)=N[C@@H](CC(=O)O)c1nnc(C)n1-2. The third-order valence-corrected chi connectivity index (χ3v) is 8.91. The van der Waals surface area contributed by atoms with Gasteiger partial charge < -0.3 is 9.84 Å². The van der Waals surface area contributed by atoms with Crippen molar-refractivity contribution < 1.29 is 19.4 Å². The lowest BCUT2D eigenvalue weighted by molar-refractivity contribution is -0.151. The van der Waals surface area contributed by atoms with Crippen LogP contribution in [0.25, 0.3) is 16.1 Å². The zero-order valence-electron chi connectivity index (χ0n) is 23.9. The standard InChI is InChI=1S/C31H32N4O4S2/c1-17-18(2)41-30-27(17)28(32-24(15-25(36)37)29-34-33-19(3)35(29)30)22-9-7-20(8-10-22)21-11-13-23(14-12-21)40-16-26(38)39-31(4,5)6/h7-14,24H,15-16H2,1-6H3,(H,36,37)/t24-/m0/s1. The molecule has 212 valence electrons. The van der Waals surface area contributed by atoms with Gasteiger partial charge in [0.1, 0.15) is 22.5 Å². The molecule has 0 amide bonds. The van der Waals surface area contributed by atoms with Gasteiger partial charge in [-0.2, -0.15) is 0 Å². The first-order valence-corrected chi connectivity index (χ1v) is 15.1. The molecule has 2 aromatic heterocycles. The second-order valence-electron chi connectivity index (χ2n) is 11.0. The molecule has 0 bridgehead atoms. The minimum atomic E-state index is -0.938. The summed E-state index contributed by atoms with van der Waals surface area (Å²) >= 11 is 3.10. The Morgan fingerprint density at radius 3 is 2.20 bits per heavy atom. The Morgan fingerprint density at radius 1 is 0.976 bits per heavy atom. The number of carbonyl (C=O) groups excluding carboxylic acids is 1. The number of rotatable bonds is 7. The minimum Gasteiger partial charge on any atom is -0.481 e. The Labute approximate surface area is 247 Å². The van der Waals surface area contributed by atoms with Gasteiger partial charge in [0.05, 0.1) is 17.9 Å². The average Bonchev–Trinajstić information content (AvgIpc) is 3.39. The molecule has 8 nitrogen and oxygen atoms in total. The van der Waals surface area contributed by atoms with E-state index in [1.165, 1.54) is 16.6 Å². The lowest BCUT2D eigenvalue weighted by atomic mass is 9.97. The average molecular weight is 589 g/mol. The van der Waals surface area contributed by atoms with Crippen molar-refractivity contribution in [2.24, 2.45) is 4.99 Å². The fraction of sp³-hybridized carbons (Fsp3) is 0.323. The highest BCUT2D eigenvalue weighted by Gasteiger charge is 2.32. The van der Waals surface area contributed by atoms with Crippen molar-refractivity contribution in [2.45, 2.75) is 64.5 Å². The highest BCUT2D eigenvalue weighted by Crippen LogP contribution is 2.39. The number of benzene rings is 2. The molecule has 41 heavy (non-hydrogen) atoms. The lowest BCUT2D eigenvalue weighted by Crippen LogP contribution is -2.24. The van der Waals surface area contributed by atoms with E-state index in [1.54, 1.807) is 11.3 Å². The Hall–Kier alpha value is -3.76. The molecule has 5 rings (SSSR count). The van der Waals surface area contributed by atoms with Gasteiger partial charge in [0.25, 0.3) is 0 Å². The number of aliphatic imine (C=N–C) groups is 1. The number of hydrogen-bond acceptors (Lipinski definition) is 8. The van der Waals surface area contributed by atoms with Crippen molar-refractivity contribution in [1.82, 2.24) is 14.8 Å². The molecular weight excluding hydrogens is 556 g/mol. The van der Waals surface area contributed by atoms with Crippen molar-refractivity contribution in [3.05, 3.63) is 81.7 Å². The number of aromatic nitrogens is 3. The summed E-state index contributed by atoms with van der Waals surface area (Å²) < 4.78 is 7.35. The number of fused-ring (bicyclic) bond motifs is 3. The molecule has 0 saturated carbocycles. The number of carbonyl (C=O) groups is 2. The fourth-order valence-corrected chi connectivity index (χ4v) is 6.65. The number of hydrogen-bond donors (Lipinski definition) is 1. The summed E-state index contributed by atoms with van der Waals surface area (Å²) in [5.41, 5.74) is 5.37. The topological polar surface area (TPSA) is 107 Å². The van der Waals surface area contributed by atoms with E-state index in [2.05, 4.69) is 36.2 Å². The van der Waals surface area contributed by atoms with Gasteiger partial charge in [0, 0.05) is 20.9 Å². The zero-order valence-corrected chi connectivity index (χ0v) is 25.5. The van der Waals surface area contributed by atoms with E-state index in [-0.39, 0.29) is 18.1 Å². The zero-order chi connectivity index (χ0) is 29.5. The number of aryl methyl sites for hydroxylation is 2. The molecule has 1 aliphatic heterocycles. The van der Waals surface area contributed by atoms with Crippen molar-refractivity contribution >= 4 is 40.7 Å². The van der Waals surface area contributed by atoms with Crippen LogP contribution in [0.5, 0.6) is 0 Å². The number of thiophene rings is 1. The van der Waals surface area contributed by atoms with Gasteiger partial charge in [0.15, 0.2) is 5.82 Å². The van der Waals surface area contributed by atoms with E-state index in [0.29, 0.717) is 11.6 Å². The van der Waals surface area contributed by atoms with E-state index in [4.69, 9.17) is 9.73 Å². The van der Waals surface area contributed by atoms with Crippen LogP contribution < -0.4 is 0 Å². The first-order chi connectivity index (χ1) is 19.4. The second-order valence-corrected chi connectivity index (χ2v) is 13.2. The van der Waals surface area contributed by atoms with Crippen LogP contribution in [0.1, 0.15) is 66.5 Å². The molecular formula is C31H32N4O4S2. The van der Waals surface area contributed by atoms with Crippen molar-refractivity contribution in [3.8, 4) is 16.1 Å². The van der Waals surface area contributed by atoms with Crippen LogP contribution >= 0.6 is 23.1 Å². The Balaban J connectivity index is 1.43. The van der Waals surface area contributed by atoms with E-state index < -0.39 is 17.6 Å². The molecule has 0 spiro atoms. The van der Waals surface area contributed by atoms with Gasteiger partial charge in [-0.05, 0) is 70.4 Å². The molecule has 10 heteroatoms. The van der Waals surface area contributed by atoms with E-state index in [9.17, 15) is 14.7 Å². The van der Waals surface area contributed by atoms with E-state index in [0.717, 1.165) is 43.4 Å². The summed E-state index contributed by atoms with van der Waals surface area (Å²) in [7, 11) is 0. The Kier molecular flexibility index (Phi) is 7.89. The van der Waals surface area contributed by atoms with E-state index in [1.807, 2.05) is 68.7 Å². The van der Waals surface area contributed by atoms with E-state index >= 15 is 0 Å². The Bertz CT molecular complexity index is 1640. The minimum absolute atomic E-state index is 0.176. The molecule has 0 aliphatic carbocycles. The number of aliphatic carboxylic acids is 1. The lowest BCUT2D eigenvalue weighted by Gasteiger charge is -2.19. The molecule has 1 N–H and O–H groups in total. The number of carboxylic acids is 1. The van der Waals surface area contributed by atoms with Gasteiger partial charge in [-0.3, -0.25) is 19.1 Å². The Morgan fingerprint density at radius 2 is 1.59 bits per heavy atom. The maximum Gasteiger partial charge on any atom is 0.316 e. The number of carboxylic acid groups (broad SMARTS) is 1. The van der Waals surface area contributed by atoms with Gasteiger partial charge in [-0.1, -0.05) is 36.4 Å². The highest BCUT2D eigenvalue weighted by molar-refractivity contribution is 8.00. The summed E-state index contributed by atoms with van der Waals surface area (Å²) in [6, 6.07) is 15.6.